The fourth-order valence-electron chi connectivity index (χ4n) is 3.44. The summed E-state index contributed by atoms with van der Waals surface area (Å²) in [4.78, 5) is 13.5. The van der Waals surface area contributed by atoms with Gasteiger partial charge in [0, 0.05) is 12.1 Å². The molecule has 2 heterocycles. The number of rotatable bonds is 4. The number of fused-ring (bicyclic) bond motifs is 1. The summed E-state index contributed by atoms with van der Waals surface area (Å²) in [6.07, 6.45) is -4.70. The number of nitrogens with zero attached hydrogens (tertiary/aromatic N) is 3. The van der Waals surface area contributed by atoms with Crippen LogP contribution in [0.1, 0.15) is 27.8 Å². The molecule has 1 atom stereocenters. The standard InChI is InChI=1S/C21H17F4N3O2/c22-15-8-6-14(7-9-15)20(29)27-10-11-28-18(19(27)21(23,24)25)12-16(26-28)13-30-17-4-2-1-3-5-17/h1-9,12,19H,10-11,13H2. The first-order chi connectivity index (χ1) is 14.3. The molecule has 0 bridgehead atoms. The van der Waals surface area contributed by atoms with Crippen molar-refractivity contribution in [3.05, 3.63) is 83.4 Å². The first kappa shape index (κ1) is 19.9. The van der Waals surface area contributed by atoms with Crippen LogP contribution in [0.25, 0.3) is 0 Å². The fourth-order valence-corrected chi connectivity index (χ4v) is 3.44. The zero-order valence-corrected chi connectivity index (χ0v) is 15.6. The van der Waals surface area contributed by atoms with Crippen LogP contribution in [0, 0.1) is 5.82 Å². The molecule has 0 saturated carbocycles. The molecular formula is C21H17F4N3O2. The minimum atomic E-state index is -4.70. The smallest absolute Gasteiger partial charge is 0.414 e. The van der Waals surface area contributed by atoms with Crippen molar-refractivity contribution in [3.63, 3.8) is 0 Å². The Morgan fingerprint density at radius 3 is 2.43 bits per heavy atom. The van der Waals surface area contributed by atoms with Gasteiger partial charge in [0.25, 0.3) is 5.91 Å². The molecule has 156 valence electrons. The first-order valence-electron chi connectivity index (χ1n) is 9.20. The van der Waals surface area contributed by atoms with Crippen LogP contribution in [0.2, 0.25) is 0 Å². The zero-order valence-electron chi connectivity index (χ0n) is 15.6. The van der Waals surface area contributed by atoms with Crippen molar-refractivity contribution in [1.29, 1.82) is 0 Å². The second-order valence-corrected chi connectivity index (χ2v) is 6.83. The third-order valence-electron chi connectivity index (χ3n) is 4.80. The maximum Gasteiger partial charge on any atom is 0.414 e. The Balaban J connectivity index is 1.60. The number of para-hydroxylation sites is 1. The monoisotopic (exact) mass is 419 g/mol. The van der Waals surface area contributed by atoms with Crippen molar-refractivity contribution in [1.82, 2.24) is 14.7 Å². The van der Waals surface area contributed by atoms with Crippen LogP contribution >= 0.6 is 0 Å². The Morgan fingerprint density at radius 2 is 1.77 bits per heavy atom. The van der Waals surface area contributed by atoms with Crippen LogP contribution in [0.3, 0.4) is 0 Å². The van der Waals surface area contributed by atoms with Crippen LogP contribution in [0.15, 0.2) is 60.7 Å². The van der Waals surface area contributed by atoms with E-state index in [0.717, 1.165) is 17.0 Å². The molecule has 9 heteroatoms. The number of alkyl halides is 3. The number of aromatic nitrogens is 2. The number of hydrogen-bond acceptors (Lipinski definition) is 3. The molecule has 0 spiro atoms. The molecular weight excluding hydrogens is 402 g/mol. The molecule has 5 nitrogen and oxygen atoms in total. The van der Waals surface area contributed by atoms with Crippen molar-refractivity contribution < 1.29 is 27.1 Å². The van der Waals surface area contributed by atoms with Crippen molar-refractivity contribution in [2.45, 2.75) is 25.4 Å². The lowest BCUT2D eigenvalue weighted by atomic mass is 10.1. The number of carbonyl (C=O) groups is 1. The maximum absolute atomic E-state index is 13.9. The summed E-state index contributed by atoms with van der Waals surface area (Å²) >= 11 is 0. The third kappa shape index (κ3) is 4.00. The van der Waals surface area contributed by atoms with Crippen LogP contribution in [-0.2, 0) is 13.2 Å². The third-order valence-corrected chi connectivity index (χ3v) is 4.80. The minimum absolute atomic E-state index is 0.000495. The Kier molecular flexibility index (Phi) is 5.19. The van der Waals surface area contributed by atoms with Crippen LogP contribution < -0.4 is 4.74 Å². The Bertz CT molecular complexity index is 1030. The van der Waals surface area contributed by atoms with Gasteiger partial charge in [-0.3, -0.25) is 9.48 Å². The molecule has 2 aromatic carbocycles. The SMILES string of the molecule is O=C(c1ccc(F)cc1)N1CCn2nc(COc3ccccc3)cc2C1C(F)(F)F. The predicted octanol–water partition coefficient (Wildman–Crippen LogP) is 4.36. The van der Waals surface area contributed by atoms with Crippen molar-refractivity contribution >= 4 is 5.91 Å². The molecule has 3 aromatic rings. The average molecular weight is 419 g/mol. The molecule has 1 aromatic heterocycles. The molecule has 1 aliphatic rings. The molecule has 1 aliphatic heterocycles. The quantitative estimate of drug-likeness (QED) is 0.591. The molecule has 0 fully saturated rings. The highest BCUT2D eigenvalue weighted by molar-refractivity contribution is 5.94. The second-order valence-electron chi connectivity index (χ2n) is 6.83. The van der Waals surface area contributed by atoms with E-state index in [-0.39, 0.29) is 31.0 Å². The molecule has 0 aliphatic carbocycles. The highest BCUT2D eigenvalue weighted by atomic mass is 19.4. The van der Waals surface area contributed by atoms with Gasteiger partial charge in [0.05, 0.1) is 12.2 Å². The van der Waals surface area contributed by atoms with Gasteiger partial charge < -0.3 is 9.64 Å². The molecule has 4 rings (SSSR count). The Morgan fingerprint density at radius 1 is 1.07 bits per heavy atom. The second kappa shape index (κ2) is 7.81. The van der Waals surface area contributed by atoms with Gasteiger partial charge in [-0.25, -0.2) is 4.39 Å². The van der Waals surface area contributed by atoms with E-state index in [1.807, 2.05) is 6.07 Å². The lowest BCUT2D eigenvalue weighted by Crippen LogP contribution is -2.48. The lowest BCUT2D eigenvalue weighted by Gasteiger charge is -2.37. The van der Waals surface area contributed by atoms with Gasteiger partial charge in [-0.1, -0.05) is 18.2 Å². The molecule has 0 radical (unpaired) electrons. The molecule has 1 amide bonds. The molecule has 0 saturated heterocycles. The summed E-state index contributed by atoms with van der Waals surface area (Å²) < 4.78 is 61.8. The van der Waals surface area contributed by atoms with E-state index in [9.17, 15) is 22.4 Å². The van der Waals surface area contributed by atoms with Gasteiger partial charge in [-0.15, -0.1) is 0 Å². The van der Waals surface area contributed by atoms with Crippen LogP contribution in [0.4, 0.5) is 17.6 Å². The Hall–Kier alpha value is -3.36. The molecule has 30 heavy (non-hydrogen) atoms. The number of carbonyl (C=O) groups excluding carboxylic acids is 1. The van der Waals surface area contributed by atoms with E-state index in [1.165, 1.54) is 22.9 Å². The topological polar surface area (TPSA) is 47.4 Å². The number of halogens is 4. The van der Waals surface area contributed by atoms with E-state index in [2.05, 4.69) is 5.10 Å². The normalized spacial score (nSPS) is 16.3. The van der Waals surface area contributed by atoms with Gasteiger partial charge >= 0.3 is 6.18 Å². The van der Waals surface area contributed by atoms with Gasteiger partial charge in [0.2, 0.25) is 0 Å². The summed E-state index contributed by atoms with van der Waals surface area (Å²) in [6.45, 7) is -0.0608. The van der Waals surface area contributed by atoms with Gasteiger partial charge in [0.1, 0.15) is 23.9 Å². The van der Waals surface area contributed by atoms with Crippen molar-refractivity contribution in [2.75, 3.05) is 6.54 Å². The maximum atomic E-state index is 13.9. The van der Waals surface area contributed by atoms with Crippen LogP contribution in [0.5, 0.6) is 5.75 Å². The van der Waals surface area contributed by atoms with E-state index in [1.54, 1.807) is 24.3 Å². The van der Waals surface area contributed by atoms with E-state index >= 15 is 0 Å². The fraction of sp³-hybridized carbons (Fsp3) is 0.238. The minimum Gasteiger partial charge on any atom is -0.487 e. The predicted molar refractivity (Wildman–Crippen MR) is 99.2 cm³/mol. The van der Waals surface area contributed by atoms with Gasteiger partial charge in [-0.05, 0) is 42.5 Å². The van der Waals surface area contributed by atoms with E-state index in [4.69, 9.17) is 4.74 Å². The number of amides is 1. The molecule has 0 N–H and O–H groups in total. The number of ether oxygens (including phenoxy) is 1. The van der Waals surface area contributed by atoms with Crippen LogP contribution in [-0.4, -0.2) is 33.3 Å². The zero-order chi connectivity index (χ0) is 21.3. The lowest BCUT2D eigenvalue weighted by molar-refractivity contribution is -0.184. The molecule has 1 unspecified atom stereocenters. The Labute approximate surface area is 169 Å². The van der Waals surface area contributed by atoms with Crippen molar-refractivity contribution in [3.8, 4) is 5.75 Å². The summed E-state index contributed by atoms with van der Waals surface area (Å²) in [5.74, 6) is -0.811. The summed E-state index contributed by atoms with van der Waals surface area (Å²) in [5, 5.41) is 4.21. The highest BCUT2D eigenvalue weighted by Gasteiger charge is 2.50. The van der Waals surface area contributed by atoms with E-state index in [0.29, 0.717) is 11.4 Å². The van der Waals surface area contributed by atoms with Crippen molar-refractivity contribution in [2.24, 2.45) is 0 Å². The van der Waals surface area contributed by atoms with Gasteiger partial charge in [-0.2, -0.15) is 18.3 Å². The average Bonchev–Trinajstić information content (AvgIpc) is 3.14. The largest absolute Gasteiger partial charge is 0.487 e. The number of hydrogen-bond donors (Lipinski definition) is 0. The summed E-state index contributed by atoms with van der Waals surface area (Å²) in [7, 11) is 0. The number of benzene rings is 2. The summed E-state index contributed by atoms with van der Waals surface area (Å²) in [5.41, 5.74) is 0.196. The van der Waals surface area contributed by atoms with E-state index < -0.39 is 23.9 Å². The summed E-state index contributed by atoms with van der Waals surface area (Å²) in [6, 6.07) is 12.5. The van der Waals surface area contributed by atoms with Gasteiger partial charge in [0.15, 0.2) is 6.04 Å². The highest BCUT2D eigenvalue weighted by Crippen LogP contribution is 2.40. The first-order valence-corrected chi connectivity index (χ1v) is 9.20.